The average molecular weight is 329 g/mol. The van der Waals surface area contributed by atoms with Crippen molar-refractivity contribution in [1.29, 1.82) is 0 Å². The Morgan fingerprint density at radius 2 is 1.79 bits per heavy atom. The van der Waals surface area contributed by atoms with E-state index < -0.39 is 0 Å². The van der Waals surface area contributed by atoms with Crippen molar-refractivity contribution < 1.29 is 9.15 Å². The summed E-state index contributed by atoms with van der Waals surface area (Å²) in [7, 11) is 1.78. The van der Waals surface area contributed by atoms with Gasteiger partial charge in [-0.05, 0) is 50.1 Å². The molecule has 0 bridgehead atoms. The van der Waals surface area contributed by atoms with Gasteiger partial charge >= 0.3 is 0 Å². The second-order valence-electron chi connectivity index (χ2n) is 5.82. The molecule has 2 rings (SSSR count). The van der Waals surface area contributed by atoms with Crippen molar-refractivity contribution in [3.8, 4) is 5.75 Å². The van der Waals surface area contributed by atoms with Gasteiger partial charge in [0.15, 0.2) is 5.96 Å². The Hall–Kier alpha value is -2.43. The fourth-order valence-corrected chi connectivity index (χ4v) is 2.31. The Morgan fingerprint density at radius 3 is 2.38 bits per heavy atom. The first-order valence-electron chi connectivity index (χ1n) is 8.40. The van der Waals surface area contributed by atoms with Crippen LogP contribution in [0.2, 0.25) is 0 Å². The summed E-state index contributed by atoms with van der Waals surface area (Å²) in [5.74, 6) is 2.69. The summed E-state index contributed by atoms with van der Waals surface area (Å²) in [5.41, 5.74) is 1.27. The zero-order valence-electron chi connectivity index (χ0n) is 14.7. The number of guanidine groups is 1. The standard InChI is InChI=1S/C19H27N3O2/c1-15(2)24-18-8-6-16(7-9-18)10-12-21-19(20-3)22-13-11-17-5-4-14-23-17/h4-9,14-15H,10-13H2,1-3H3,(H2,20,21,22). The third kappa shape index (κ3) is 6.36. The Labute approximate surface area is 144 Å². The Kier molecular flexibility index (Phi) is 7.21. The molecule has 0 saturated heterocycles. The molecule has 24 heavy (non-hydrogen) atoms. The zero-order chi connectivity index (χ0) is 17.2. The summed E-state index contributed by atoms with van der Waals surface area (Å²) in [6.45, 7) is 5.67. The van der Waals surface area contributed by atoms with Gasteiger partial charge in [0, 0.05) is 26.6 Å². The normalized spacial score (nSPS) is 11.6. The highest BCUT2D eigenvalue weighted by Gasteiger charge is 2.01. The zero-order valence-corrected chi connectivity index (χ0v) is 14.7. The van der Waals surface area contributed by atoms with Gasteiger partial charge in [-0.25, -0.2) is 0 Å². The van der Waals surface area contributed by atoms with Crippen molar-refractivity contribution in [2.45, 2.75) is 32.8 Å². The molecule has 0 atom stereocenters. The van der Waals surface area contributed by atoms with Crippen LogP contribution in [-0.4, -0.2) is 32.2 Å². The van der Waals surface area contributed by atoms with Crippen LogP contribution in [0.5, 0.6) is 5.75 Å². The summed E-state index contributed by atoms with van der Waals surface area (Å²) in [4.78, 5) is 4.23. The lowest BCUT2D eigenvalue weighted by Crippen LogP contribution is -2.39. The van der Waals surface area contributed by atoms with Crippen LogP contribution in [0.4, 0.5) is 0 Å². The summed E-state index contributed by atoms with van der Waals surface area (Å²) in [5, 5.41) is 6.61. The van der Waals surface area contributed by atoms with Crippen molar-refractivity contribution in [1.82, 2.24) is 10.6 Å². The topological polar surface area (TPSA) is 58.8 Å². The van der Waals surface area contributed by atoms with Crippen LogP contribution in [0.1, 0.15) is 25.2 Å². The predicted octanol–water partition coefficient (Wildman–Crippen LogP) is 3.02. The van der Waals surface area contributed by atoms with Crippen molar-refractivity contribution in [2.24, 2.45) is 4.99 Å². The van der Waals surface area contributed by atoms with E-state index in [0.717, 1.165) is 43.4 Å². The van der Waals surface area contributed by atoms with E-state index in [1.54, 1.807) is 13.3 Å². The van der Waals surface area contributed by atoms with Gasteiger partial charge in [0.05, 0.1) is 12.4 Å². The van der Waals surface area contributed by atoms with Gasteiger partial charge < -0.3 is 19.8 Å². The molecule has 0 aliphatic carbocycles. The fraction of sp³-hybridized carbons (Fsp3) is 0.421. The maximum atomic E-state index is 5.65. The first-order valence-corrected chi connectivity index (χ1v) is 8.40. The van der Waals surface area contributed by atoms with Crippen LogP contribution in [0.25, 0.3) is 0 Å². The number of hydrogen-bond donors (Lipinski definition) is 2. The van der Waals surface area contributed by atoms with Crippen LogP contribution in [0.3, 0.4) is 0 Å². The maximum Gasteiger partial charge on any atom is 0.191 e. The summed E-state index contributed by atoms with van der Waals surface area (Å²) < 4.78 is 11.0. The van der Waals surface area contributed by atoms with E-state index >= 15 is 0 Å². The minimum absolute atomic E-state index is 0.202. The largest absolute Gasteiger partial charge is 0.491 e. The molecule has 0 amide bonds. The first-order chi connectivity index (χ1) is 11.7. The molecule has 2 N–H and O–H groups in total. The summed E-state index contributed by atoms with van der Waals surface area (Å²) in [6, 6.07) is 12.1. The van der Waals surface area contributed by atoms with E-state index in [4.69, 9.17) is 9.15 Å². The lowest BCUT2D eigenvalue weighted by Gasteiger charge is -2.12. The molecule has 0 saturated carbocycles. The molecule has 0 spiro atoms. The van der Waals surface area contributed by atoms with Crippen molar-refractivity contribution in [2.75, 3.05) is 20.1 Å². The van der Waals surface area contributed by atoms with Gasteiger partial charge in [-0.2, -0.15) is 0 Å². The molecule has 0 fully saturated rings. The molecule has 5 nitrogen and oxygen atoms in total. The predicted molar refractivity (Wildman–Crippen MR) is 97.7 cm³/mol. The molecule has 2 aromatic rings. The number of hydrogen-bond acceptors (Lipinski definition) is 3. The van der Waals surface area contributed by atoms with E-state index in [1.165, 1.54) is 5.56 Å². The Balaban J connectivity index is 1.67. The van der Waals surface area contributed by atoms with E-state index in [1.807, 2.05) is 38.1 Å². The molecule has 1 aromatic carbocycles. The first kappa shape index (κ1) is 17.9. The molecule has 0 unspecified atom stereocenters. The van der Waals surface area contributed by atoms with Crippen molar-refractivity contribution in [3.05, 3.63) is 54.0 Å². The molecule has 0 radical (unpaired) electrons. The summed E-state index contributed by atoms with van der Waals surface area (Å²) in [6.07, 6.45) is 3.67. The van der Waals surface area contributed by atoms with Crippen molar-refractivity contribution >= 4 is 5.96 Å². The van der Waals surface area contributed by atoms with Crippen LogP contribution < -0.4 is 15.4 Å². The second kappa shape index (κ2) is 9.65. The number of nitrogens with one attached hydrogen (secondary N) is 2. The molecular formula is C19H27N3O2. The highest BCUT2D eigenvalue weighted by Crippen LogP contribution is 2.13. The average Bonchev–Trinajstić information content (AvgIpc) is 3.08. The molecule has 1 heterocycles. The van der Waals surface area contributed by atoms with Gasteiger partial charge in [-0.15, -0.1) is 0 Å². The number of benzene rings is 1. The van der Waals surface area contributed by atoms with Gasteiger partial charge in [-0.3, -0.25) is 4.99 Å². The highest BCUT2D eigenvalue weighted by atomic mass is 16.5. The minimum atomic E-state index is 0.202. The number of aliphatic imine (C=N–C) groups is 1. The third-order valence-electron chi connectivity index (χ3n) is 3.47. The van der Waals surface area contributed by atoms with Gasteiger partial charge in [0.1, 0.15) is 11.5 Å². The van der Waals surface area contributed by atoms with E-state index in [0.29, 0.717) is 0 Å². The molecule has 0 aliphatic rings. The maximum absolute atomic E-state index is 5.65. The lowest BCUT2D eigenvalue weighted by molar-refractivity contribution is 0.242. The Morgan fingerprint density at radius 1 is 1.08 bits per heavy atom. The molecule has 0 aliphatic heterocycles. The smallest absolute Gasteiger partial charge is 0.191 e. The number of ether oxygens (including phenoxy) is 1. The molecular weight excluding hydrogens is 302 g/mol. The van der Waals surface area contributed by atoms with Gasteiger partial charge in [0.25, 0.3) is 0 Å². The van der Waals surface area contributed by atoms with Gasteiger partial charge in [0.2, 0.25) is 0 Å². The van der Waals surface area contributed by atoms with E-state index in [9.17, 15) is 0 Å². The van der Waals surface area contributed by atoms with Crippen LogP contribution in [0, 0.1) is 0 Å². The van der Waals surface area contributed by atoms with E-state index in [2.05, 4.69) is 27.8 Å². The van der Waals surface area contributed by atoms with Crippen molar-refractivity contribution in [3.63, 3.8) is 0 Å². The minimum Gasteiger partial charge on any atom is -0.491 e. The van der Waals surface area contributed by atoms with Gasteiger partial charge in [-0.1, -0.05) is 12.1 Å². The quantitative estimate of drug-likeness (QED) is 0.577. The lowest BCUT2D eigenvalue weighted by atomic mass is 10.1. The monoisotopic (exact) mass is 329 g/mol. The Bertz CT molecular complexity index is 604. The third-order valence-corrected chi connectivity index (χ3v) is 3.47. The second-order valence-corrected chi connectivity index (χ2v) is 5.82. The SMILES string of the molecule is CN=C(NCCc1ccc(OC(C)C)cc1)NCCc1ccco1. The van der Waals surface area contributed by atoms with Crippen LogP contribution in [0.15, 0.2) is 52.1 Å². The highest BCUT2D eigenvalue weighted by molar-refractivity contribution is 5.79. The molecule has 5 heteroatoms. The molecule has 1 aromatic heterocycles. The fourth-order valence-electron chi connectivity index (χ4n) is 2.31. The number of furan rings is 1. The summed E-state index contributed by atoms with van der Waals surface area (Å²) >= 11 is 0. The number of nitrogens with zero attached hydrogens (tertiary/aromatic N) is 1. The van der Waals surface area contributed by atoms with Crippen LogP contribution in [-0.2, 0) is 12.8 Å². The van der Waals surface area contributed by atoms with E-state index in [-0.39, 0.29) is 6.10 Å². The number of rotatable bonds is 8. The van der Waals surface area contributed by atoms with Crippen LogP contribution >= 0.6 is 0 Å². The molecule has 130 valence electrons.